The van der Waals surface area contributed by atoms with Crippen LogP contribution in [0, 0.1) is 11.8 Å². The van der Waals surface area contributed by atoms with Gasteiger partial charge in [-0.1, -0.05) is 11.3 Å². The molecule has 0 N–H and O–H groups in total. The second-order valence-electron chi connectivity index (χ2n) is 8.70. The molecule has 4 atom stereocenters. The minimum atomic E-state index is 0.0721. The minimum absolute atomic E-state index is 0.0721. The predicted octanol–water partition coefficient (Wildman–Crippen LogP) is 2.09. The van der Waals surface area contributed by atoms with E-state index in [1.165, 1.54) is 0 Å². The maximum atomic E-state index is 13.1. The Balaban J connectivity index is 1.47. The van der Waals surface area contributed by atoms with Crippen molar-refractivity contribution in [3.63, 3.8) is 0 Å². The molecule has 30 heavy (non-hydrogen) atoms. The van der Waals surface area contributed by atoms with Gasteiger partial charge in [-0.2, -0.15) is 0 Å². The Morgan fingerprint density at radius 1 is 1.20 bits per heavy atom. The molecular formula is C22H31N5O3. The van der Waals surface area contributed by atoms with Crippen LogP contribution in [0.1, 0.15) is 34.9 Å². The normalized spacial score (nSPS) is 26.1. The lowest BCUT2D eigenvalue weighted by Crippen LogP contribution is -2.37. The summed E-state index contributed by atoms with van der Waals surface area (Å²) in [5.74, 6) is 1.67. The van der Waals surface area contributed by atoms with Gasteiger partial charge in [-0.25, -0.2) is 4.68 Å². The van der Waals surface area contributed by atoms with Crippen molar-refractivity contribution in [3.8, 4) is 5.75 Å². The zero-order chi connectivity index (χ0) is 21.3. The van der Waals surface area contributed by atoms with E-state index in [-0.39, 0.29) is 18.1 Å². The molecule has 1 aliphatic heterocycles. The molecule has 1 aliphatic carbocycles. The summed E-state index contributed by atoms with van der Waals surface area (Å²) in [4.78, 5) is 17.1. The van der Waals surface area contributed by atoms with E-state index in [2.05, 4.69) is 15.2 Å². The fourth-order valence-corrected chi connectivity index (χ4v) is 4.90. The summed E-state index contributed by atoms with van der Waals surface area (Å²) in [6, 6.07) is 7.54. The number of amides is 1. The Labute approximate surface area is 177 Å². The largest absolute Gasteiger partial charge is 0.497 e. The van der Waals surface area contributed by atoms with Crippen molar-refractivity contribution in [1.82, 2.24) is 24.8 Å². The molecule has 0 radical (unpaired) electrons. The van der Waals surface area contributed by atoms with Gasteiger partial charge in [-0.3, -0.25) is 4.79 Å². The van der Waals surface area contributed by atoms with Crippen LogP contribution < -0.4 is 4.74 Å². The summed E-state index contributed by atoms with van der Waals surface area (Å²) in [7, 11) is 7.43. The first-order valence-corrected chi connectivity index (χ1v) is 10.5. The van der Waals surface area contributed by atoms with Gasteiger partial charge >= 0.3 is 0 Å². The van der Waals surface area contributed by atoms with Crippen molar-refractivity contribution in [2.75, 3.05) is 41.4 Å². The van der Waals surface area contributed by atoms with E-state index in [4.69, 9.17) is 9.47 Å². The highest BCUT2D eigenvalue weighted by atomic mass is 16.5. The molecular weight excluding hydrogens is 382 g/mol. The van der Waals surface area contributed by atoms with Gasteiger partial charge in [0.05, 0.1) is 31.1 Å². The maximum Gasteiger partial charge on any atom is 0.254 e. The second kappa shape index (κ2) is 8.73. The SMILES string of the molecule is COc1cccc(C(=O)N2C[C@H]3C[C@@H](n4cc(CN(C)C)nn4)[C@H](OC)C[C@H]3C2)c1. The molecule has 8 nitrogen and oxygen atoms in total. The van der Waals surface area contributed by atoms with E-state index in [1.807, 2.05) is 54.1 Å². The summed E-state index contributed by atoms with van der Waals surface area (Å²) in [5.41, 5.74) is 1.63. The number of hydrogen-bond acceptors (Lipinski definition) is 6. The number of benzene rings is 1. The zero-order valence-electron chi connectivity index (χ0n) is 18.2. The van der Waals surface area contributed by atoms with Crippen LogP contribution >= 0.6 is 0 Å². The van der Waals surface area contributed by atoms with Crippen LogP contribution in [0.5, 0.6) is 5.75 Å². The highest BCUT2D eigenvalue weighted by molar-refractivity contribution is 5.94. The Morgan fingerprint density at radius 3 is 2.67 bits per heavy atom. The molecule has 0 unspecified atom stereocenters. The topological polar surface area (TPSA) is 72.7 Å². The van der Waals surface area contributed by atoms with Crippen molar-refractivity contribution < 1.29 is 14.3 Å². The maximum absolute atomic E-state index is 13.1. The molecule has 1 saturated carbocycles. The molecule has 2 aromatic rings. The minimum Gasteiger partial charge on any atom is -0.497 e. The van der Waals surface area contributed by atoms with Crippen molar-refractivity contribution in [2.24, 2.45) is 11.8 Å². The lowest BCUT2D eigenvalue weighted by Gasteiger charge is -2.36. The quantitative estimate of drug-likeness (QED) is 0.722. The van der Waals surface area contributed by atoms with Gasteiger partial charge in [0.1, 0.15) is 5.75 Å². The molecule has 1 aromatic carbocycles. The molecule has 1 aromatic heterocycles. The fraction of sp³-hybridized carbons (Fsp3) is 0.591. The zero-order valence-corrected chi connectivity index (χ0v) is 18.2. The van der Waals surface area contributed by atoms with Gasteiger partial charge in [0, 0.05) is 32.3 Å². The van der Waals surface area contributed by atoms with Crippen LogP contribution in [0.2, 0.25) is 0 Å². The monoisotopic (exact) mass is 413 g/mol. The van der Waals surface area contributed by atoms with Gasteiger partial charge in [0.15, 0.2) is 0 Å². The first-order valence-electron chi connectivity index (χ1n) is 10.5. The molecule has 1 amide bonds. The molecule has 0 spiro atoms. The van der Waals surface area contributed by atoms with Crippen molar-refractivity contribution in [3.05, 3.63) is 41.7 Å². The lowest BCUT2D eigenvalue weighted by atomic mass is 9.77. The van der Waals surface area contributed by atoms with E-state index in [1.54, 1.807) is 14.2 Å². The highest BCUT2D eigenvalue weighted by Gasteiger charge is 2.44. The van der Waals surface area contributed by atoms with Gasteiger partial charge in [0.25, 0.3) is 5.91 Å². The molecule has 4 rings (SSSR count). The standard InChI is InChI=1S/C22H31N5O3/c1-25(2)13-18-14-27(24-23-18)20-9-16-11-26(12-17(16)10-21(20)30-4)22(28)15-6-5-7-19(8-15)29-3/h5-8,14,16-17,20-21H,9-13H2,1-4H3/t16-,17+,20-,21-/m1/s1. The molecule has 2 fully saturated rings. The lowest BCUT2D eigenvalue weighted by molar-refractivity contribution is -0.00547. The molecule has 2 aliphatic rings. The van der Waals surface area contributed by atoms with Gasteiger partial charge in [0.2, 0.25) is 0 Å². The average molecular weight is 414 g/mol. The van der Waals surface area contributed by atoms with E-state index in [9.17, 15) is 4.79 Å². The van der Waals surface area contributed by atoms with Crippen molar-refractivity contribution >= 4 is 5.91 Å². The number of carbonyl (C=O) groups is 1. The molecule has 2 heterocycles. The van der Waals surface area contributed by atoms with Crippen LogP contribution in [0.3, 0.4) is 0 Å². The summed E-state index contributed by atoms with van der Waals surface area (Å²) >= 11 is 0. The third kappa shape index (κ3) is 4.20. The summed E-state index contributed by atoms with van der Waals surface area (Å²) < 4.78 is 13.1. The average Bonchev–Trinajstić information content (AvgIpc) is 3.38. The third-order valence-corrected chi connectivity index (χ3v) is 6.37. The van der Waals surface area contributed by atoms with Gasteiger partial charge in [-0.05, 0) is 57.0 Å². The van der Waals surface area contributed by atoms with Crippen LogP contribution in [0.15, 0.2) is 30.5 Å². The molecule has 0 bridgehead atoms. The Morgan fingerprint density at radius 2 is 1.97 bits per heavy atom. The predicted molar refractivity (Wildman–Crippen MR) is 112 cm³/mol. The fourth-order valence-electron chi connectivity index (χ4n) is 4.90. The van der Waals surface area contributed by atoms with Crippen molar-refractivity contribution in [2.45, 2.75) is 31.5 Å². The number of methoxy groups -OCH3 is 2. The molecule has 8 heteroatoms. The van der Waals surface area contributed by atoms with E-state index in [0.717, 1.165) is 38.2 Å². The van der Waals surface area contributed by atoms with Crippen LogP contribution in [0.4, 0.5) is 0 Å². The van der Waals surface area contributed by atoms with Crippen LogP contribution in [-0.2, 0) is 11.3 Å². The Bertz CT molecular complexity index is 883. The summed E-state index contributed by atoms with van der Waals surface area (Å²) in [6.07, 6.45) is 3.98. The number of likely N-dealkylation sites (tertiary alicyclic amines) is 1. The third-order valence-electron chi connectivity index (χ3n) is 6.37. The van der Waals surface area contributed by atoms with E-state index >= 15 is 0 Å². The first-order chi connectivity index (χ1) is 14.5. The number of fused-ring (bicyclic) bond motifs is 1. The number of hydrogen-bond donors (Lipinski definition) is 0. The Kier molecular flexibility index (Phi) is 6.06. The number of rotatable bonds is 6. The van der Waals surface area contributed by atoms with Gasteiger partial charge < -0.3 is 19.3 Å². The molecule has 1 saturated heterocycles. The molecule has 162 valence electrons. The van der Waals surface area contributed by atoms with E-state index in [0.29, 0.717) is 23.1 Å². The van der Waals surface area contributed by atoms with Gasteiger partial charge in [-0.15, -0.1) is 5.10 Å². The number of carbonyl (C=O) groups excluding carboxylic acids is 1. The highest BCUT2D eigenvalue weighted by Crippen LogP contribution is 2.42. The Hall–Kier alpha value is -2.45. The summed E-state index contributed by atoms with van der Waals surface area (Å²) in [5, 5.41) is 8.72. The number of aromatic nitrogens is 3. The van der Waals surface area contributed by atoms with Crippen LogP contribution in [-0.4, -0.2) is 78.2 Å². The number of nitrogens with zero attached hydrogens (tertiary/aromatic N) is 5. The summed E-state index contributed by atoms with van der Waals surface area (Å²) in [6.45, 7) is 2.31. The van der Waals surface area contributed by atoms with Crippen LogP contribution in [0.25, 0.3) is 0 Å². The second-order valence-corrected chi connectivity index (χ2v) is 8.70. The van der Waals surface area contributed by atoms with Crippen molar-refractivity contribution in [1.29, 1.82) is 0 Å². The van der Waals surface area contributed by atoms with E-state index < -0.39 is 0 Å². The number of ether oxygens (including phenoxy) is 2. The first kappa shape index (κ1) is 20.8. The smallest absolute Gasteiger partial charge is 0.254 e.